The molecule has 0 fully saturated rings. The van der Waals surface area contributed by atoms with E-state index in [9.17, 15) is 0 Å². The number of thiophene rings is 2. The van der Waals surface area contributed by atoms with Gasteiger partial charge in [0, 0.05) is 22.8 Å². The first-order valence-corrected chi connectivity index (χ1v) is 21.2. The Morgan fingerprint density at radius 2 is 1.33 bits per heavy atom. The van der Waals surface area contributed by atoms with Crippen LogP contribution in [-0.4, -0.2) is 26.4 Å². The van der Waals surface area contributed by atoms with Gasteiger partial charge in [0.05, 0.1) is 5.71 Å². The van der Waals surface area contributed by atoms with Crippen molar-refractivity contribution < 1.29 is 0 Å². The van der Waals surface area contributed by atoms with E-state index in [1.165, 1.54) is 0 Å². The second-order valence-electron chi connectivity index (χ2n) is 14.0. The third-order valence-electron chi connectivity index (χ3n) is 10.1. The number of hydrazone groups is 1. The Morgan fingerprint density at radius 3 is 1.95 bits per heavy atom. The molecule has 2 aliphatic carbocycles. The SMILES string of the molecule is C=C/C=C(\C=C)N(c1ccc(-c2ccc(-c3ccc(N(C4=CCCC=C4)c4ccc(N/N=C5/C=CC=CC5=N)s4)cc3)cc2)cc1)c1ccc(-n2nc3ccccc3n2)s1. The predicted octanol–water partition coefficient (Wildman–Crippen LogP) is 13.6. The van der Waals surface area contributed by atoms with Crippen LogP contribution in [0.5, 0.6) is 0 Å². The van der Waals surface area contributed by atoms with Crippen molar-refractivity contribution in [3.8, 4) is 27.3 Å². The maximum absolute atomic E-state index is 8.13. The minimum Gasteiger partial charge on any atom is -0.302 e. The molecule has 0 saturated carbocycles. The van der Waals surface area contributed by atoms with Gasteiger partial charge in [0.25, 0.3) is 0 Å². The van der Waals surface area contributed by atoms with Crippen LogP contribution >= 0.6 is 22.7 Å². The number of rotatable bonds is 13. The van der Waals surface area contributed by atoms with E-state index in [1.807, 2.05) is 66.8 Å². The summed E-state index contributed by atoms with van der Waals surface area (Å²) in [6.45, 7) is 8.06. The van der Waals surface area contributed by atoms with Gasteiger partial charge in [-0.05, 0) is 126 Å². The van der Waals surface area contributed by atoms with Gasteiger partial charge in [0.15, 0.2) is 0 Å². The zero-order valence-corrected chi connectivity index (χ0v) is 34.3. The molecule has 0 unspecified atom stereocenters. The lowest BCUT2D eigenvalue weighted by Crippen LogP contribution is -2.14. The molecular weight excluding hydrogens is 777 g/mol. The fourth-order valence-electron chi connectivity index (χ4n) is 7.09. The Morgan fingerprint density at radius 1 is 0.700 bits per heavy atom. The molecule has 0 amide bonds. The smallest absolute Gasteiger partial charge is 0.140 e. The van der Waals surface area contributed by atoms with E-state index < -0.39 is 0 Å². The number of anilines is 5. The second kappa shape index (κ2) is 17.2. The topological polar surface area (TPSA) is 85.4 Å². The Balaban J connectivity index is 0.928. The lowest BCUT2D eigenvalue weighted by atomic mass is 9.99. The normalized spacial score (nSPS) is 14.4. The van der Waals surface area contributed by atoms with Crippen LogP contribution in [0, 0.1) is 5.41 Å². The fraction of sp³-hybridized carbons (Fsp3) is 0.0400. The molecule has 10 heteroatoms. The van der Waals surface area contributed by atoms with Crippen LogP contribution in [-0.2, 0) is 0 Å². The summed E-state index contributed by atoms with van der Waals surface area (Å²) < 4.78 is 0. The first-order chi connectivity index (χ1) is 29.5. The van der Waals surface area contributed by atoms with Gasteiger partial charge in [-0.15, -0.1) is 15.0 Å². The van der Waals surface area contributed by atoms with Crippen LogP contribution in [0.1, 0.15) is 12.8 Å². The fourth-order valence-corrected chi connectivity index (χ4v) is 8.93. The van der Waals surface area contributed by atoms with E-state index in [1.54, 1.807) is 39.6 Å². The van der Waals surface area contributed by atoms with Crippen molar-refractivity contribution in [1.82, 2.24) is 15.0 Å². The van der Waals surface area contributed by atoms with E-state index >= 15 is 0 Å². The first kappa shape index (κ1) is 38.1. The molecule has 60 heavy (non-hydrogen) atoms. The summed E-state index contributed by atoms with van der Waals surface area (Å²) in [5.41, 5.74) is 14.6. The van der Waals surface area contributed by atoms with Crippen LogP contribution in [0.25, 0.3) is 38.3 Å². The Hall–Kier alpha value is -7.40. The van der Waals surface area contributed by atoms with E-state index in [0.717, 1.165) is 88.9 Å². The van der Waals surface area contributed by atoms with Gasteiger partial charge < -0.3 is 9.80 Å². The summed E-state index contributed by atoms with van der Waals surface area (Å²) in [6, 6.07) is 42.3. The molecule has 0 saturated heterocycles. The summed E-state index contributed by atoms with van der Waals surface area (Å²) >= 11 is 3.23. The van der Waals surface area contributed by atoms with Crippen molar-refractivity contribution in [2.24, 2.45) is 5.10 Å². The number of fused-ring (bicyclic) bond motifs is 1. The monoisotopic (exact) mass is 816 g/mol. The third-order valence-corrected chi connectivity index (χ3v) is 12.1. The molecule has 7 aromatic rings. The number of hydrogen-bond donors (Lipinski definition) is 2. The number of benzene rings is 4. The molecule has 8 nitrogen and oxygen atoms in total. The largest absolute Gasteiger partial charge is 0.302 e. The van der Waals surface area contributed by atoms with Gasteiger partial charge in [-0.25, -0.2) is 0 Å². The molecule has 3 aromatic heterocycles. The van der Waals surface area contributed by atoms with E-state index in [-0.39, 0.29) is 0 Å². The van der Waals surface area contributed by atoms with Gasteiger partial charge >= 0.3 is 0 Å². The number of allylic oxidation sites excluding steroid dienone is 10. The molecular formula is C50H40N8S2. The highest BCUT2D eigenvalue weighted by Gasteiger charge is 2.19. The highest BCUT2D eigenvalue weighted by molar-refractivity contribution is 7.20. The van der Waals surface area contributed by atoms with E-state index in [2.05, 4.69) is 147 Å². The van der Waals surface area contributed by atoms with Gasteiger partial charge in [-0.2, -0.15) is 5.10 Å². The molecule has 0 bridgehead atoms. The summed E-state index contributed by atoms with van der Waals surface area (Å²) in [5, 5.41) is 25.9. The number of nitrogens with zero attached hydrogens (tertiary/aromatic N) is 6. The molecule has 2 aliphatic rings. The maximum Gasteiger partial charge on any atom is 0.140 e. The minimum atomic E-state index is 0.385. The van der Waals surface area contributed by atoms with Gasteiger partial charge in [-0.1, -0.05) is 127 Å². The third kappa shape index (κ3) is 8.02. The Kier molecular flexibility index (Phi) is 10.9. The van der Waals surface area contributed by atoms with Crippen molar-refractivity contribution in [3.63, 3.8) is 0 Å². The van der Waals surface area contributed by atoms with Crippen molar-refractivity contribution in [3.05, 3.63) is 207 Å². The first-order valence-electron chi connectivity index (χ1n) is 19.6. The standard InChI is InChI=1S/C50H40N8S2/c1-3-12-39(4-2)56(49-33-34-50(60-49)58-54-45-17-10-11-18-46(45)55-58)41-27-23-37(24-28-41)35-19-21-36(22-20-35)38-25-29-42(30-26-38)57(40-13-6-5-7-14-40)48-32-31-47(59-48)53-52-44-16-9-8-15-43(44)51/h3-4,6,8-34,51,53H,1-2,5,7H2/b39-12+,51-43?,52-44-. The quantitative estimate of drug-likeness (QED) is 0.0688. The van der Waals surface area contributed by atoms with Crippen LogP contribution in [0.3, 0.4) is 0 Å². The number of nitrogens with one attached hydrogen (secondary N) is 2. The highest BCUT2D eigenvalue weighted by Crippen LogP contribution is 2.41. The van der Waals surface area contributed by atoms with Crippen LogP contribution < -0.4 is 15.2 Å². The Bertz CT molecular complexity index is 2860. The molecule has 2 N–H and O–H groups in total. The molecule has 4 aromatic carbocycles. The van der Waals surface area contributed by atoms with Crippen molar-refractivity contribution in [1.29, 1.82) is 5.41 Å². The van der Waals surface area contributed by atoms with Crippen molar-refractivity contribution in [2.45, 2.75) is 12.8 Å². The molecule has 0 aliphatic heterocycles. The van der Waals surface area contributed by atoms with Crippen molar-refractivity contribution >= 4 is 71.5 Å². The summed E-state index contributed by atoms with van der Waals surface area (Å²) in [4.78, 5) is 6.17. The Labute approximate surface area is 357 Å². The van der Waals surface area contributed by atoms with Gasteiger partial charge in [0.2, 0.25) is 0 Å². The lowest BCUT2D eigenvalue weighted by Gasteiger charge is -2.26. The molecule has 3 heterocycles. The number of aromatic nitrogens is 3. The summed E-state index contributed by atoms with van der Waals surface area (Å²) in [6.07, 6.45) is 21.7. The number of hydrogen-bond acceptors (Lipinski definition) is 9. The highest BCUT2D eigenvalue weighted by atomic mass is 32.1. The molecule has 0 atom stereocenters. The summed E-state index contributed by atoms with van der Waals surface area (Å²) in [7, 11) is 0. The average Bonchev–Trinajstić information content (AvgIpc) is 4.08. The summed E-state index contributed by atoms with van der Waals surface area (Å²) in [5.74, 6) is 0. The molecule has 9 rings (SSSR count). The zero-order valence-electron chi connectivity index (χ0n) is 32.6. The molecule has 0 spiro atoms. The van der Waals surface area contributed by atoms with E-state index in [0.29, 0.717) is 11.4 Å². The zero-order chi connectivity index (χ0) is 40.8. The van der Waals surface area contributed by atoms with E-state index in [4.69, 9.17) is 5.41 Å². The van der Waals surface area contributed by atoms with Gasteiger partial charge in [-0.3, -0.25) is 10.8 Å². The average molecular weight is 817 g/mol. The van der Waals surface area contributed by atoms with Crippen molar-refractivity contribution in [2.75, 3.05) is 15.2 Å². The minimum absolute atomic E-state index is 0.385. The lowest BCUT2D eigenvalue weighted by molar-refractivity contribution is 0.779. The maximum atomic E-state index is 8.13. The molecule has 0 radical (unpaired) electrons. The second-order valence-corrected chi connectivity index (χ2v) is 16.1. The van der Waals surface area contributed by atoms with Crippen LogP contribution in [0.2, 0.25) is 0 Å². The molecule has 292 valence electrons. The van der Waals surface area contributed by atoms with Crippen LogP contribution in [0.4, 0.5) is 26.4 Å². The van der Waals surface area contributed by atoms with Crippen LogP contribution in [0.15, 0.2) is 212 Å². The van der Waals surface area contributed by atoms with Gasteiger partial charge in [0.1, 0.15) is 36.7 Å². The predicted molar refractivity (Wildman–Crippen MR) is 255 cm³/mol.